The lowest BCUT2D eigenvalue weighted by atomic mass is 10.3. The van der Waals surface area contributed by atoms with Crippen molar-refractivity contribution < 1.29 is 23.0 Å². The molecule has 0 bridgehead atoms. The number of alkyl halides is 2. The molecule has 1 aromatic carbocycles. The number of hydrogen-bond acceptors (Lipinski definition) is 3. The number of carbonyl (C=O) groups is 1. The van der Waals surface area contributed by atoms with Gasteiger partial charge in [0.15, 0.2) is 5.78 Å². The third kappa shape index (κ3) is 4.39. The summed E-state index contributed by atoms with van der Waals surface area (Å²) in [6.45, 7) is -1.47. The fourth-order valence-corrected chi connectivity index (χ4v) is 0.902. The molecule has 0 aliphatic rings. The van der Waals surface area contributed by atoms with Crippen LogP contribution in [0.5, 0.6) is 11.5 Å². The topological polar surface area (TPSA) is 35.5 Å². The Morgan fingerprint density at radius 1 is 1.27 bits per heavy atom. The number of benzene rings is 1. The fraction of sp³-hybridized carbons (Fsp3) is 0.300. The van der Waals surface area contributed by atoms with Crippen LogP contribution in [0.2, 0.25) is 0 Å². The summed E-state index contributed by atoms with van der Waals surface area (Å²) in [6, 6.07) is 5.62. The van der Waals surface area contributed by atoms with Crippen molar-refractivity contribution in [3.05, 3.63) is 24.3 Å². The van der Waals surface area contributed by atoms with Gasteiger partial charge in [-0.1, -0.05) is 0 Å². The van der Waals surface area contributed by atoms with Crippen LogP contribution in [0.25, 0.3) is 0 Å². The van der Waals surface area contributed by atoms with Crippen molar-refractivity contribution in [1.29, 1.82) is 0 Å². The van der Waals surface area contributed by atoms with Crippen LogP contribution >= 0.6 is 0 Å². The smallest absolute Gasteiger partial charge is 0.387 e. The van der Waals surface area contributed by atoms with E-state index < -0.39 is 6.61 Å². The molecule has 5 heteroatoms. The van der Waals surface area contributed by atoms with Crippen molar-refractivity contribution in [2.75, 3.05) is 6.61 Å². The van der Waals surface area contributed by atoms with Gasteiger partial charge >= 0.3 is 6.61 Å². The average Bonchev–Trinajstić information content (AvgIpc) is 2.16. The Morgan fingerprint density at radius 2 is 1.80 bits per heavy atom. The molecule has 1 aromatic rings. The second-order valence-electron chi connectivity index (χ2n) is 2.84. The lowest BCUT2D eigenvalue weighted by molar-refractivity contribution is -0.118. The van der Waals surface area contributed by atoms with Crippen molar-refractivity contribution >= 4 is 5.78 Å². The van der Waals surface area contributed by atoms with E-state index >= 15 is 0 Å². The molecule has 0 N–H and O–H groups in total. The Morgan fingerprint density at radius 3 is 2.27 bits per heavy atom. The summed E-state index contributed by atoms with van der Waals surface area (Å²) in [5.41, 5.74) is 0. The van der Waals surface area contributed by atoms with Gasteiger partial charge in [0, 0.05) is 0 Å². The molecule has 0 saturated heterocycles. The predicted octanol–water partition coefficient (Wildman–Crippen LogP) is 2.26. The monoisotopic (exact) mass is 216 g/mol. The van der Waals surface area contributed by atoms with Crippen LogP contribution < -0.4 is 9.47 Å². The van der Waals surface area contributed by atoms with Gasteiger partial charge in [-0.2, -0.15) is 8.78 Å². The maximum absolute atomic E-state index is 11.8. The summed E-state index contributed by atoms with van der Waals surface area (Å²) in [5, 5.41) is 0. The summed E-state index contributed by atoms with van der Waals surface area (Å²) in [7, 11) is 0. The van der Waals surface area contributed by atoms with Gasteiger partial charge in [0.25, 0.3) is 0 Å². The van der Waals surface area contributed by atoms with Gasteiger partial charge < -0.3 is 9.47 Å². The van der Waals surface area contributed by atoms with E-state index in [9.17, 15) is 13.6 Å². The number of halogens is 2. The Hall–Kier alpha value is -1.65. The summed E-state index contributed by atoms with van der Waals surface area (Å²) in [4.78, 5) is 10.6. The number of hydrogen-bond donors (Lipinski definition) is 0. The molecule has 15 heavy (non-hydrogen) atoms. The highest BCUT2D eigenvalue weighted by atomic mass is 19.3. The van der Waals surface area contributed by atoms with E-state index in [1.54, 1.807) is 0 Å². The van der Waals surface area contributed by atoms with E-state index in [2.05, 4.69) is 4.74 Å². The van der Waals surface area contributed by atoms with Crippen LogP contribution in [0.4, 0.5) is 8.78 Å². The minimum absolute atomic E-state index is 0.0327. The van der Waals surface area contributed by atoms with Gasteiger partial charge in [0.05, 0.1) is 0 Å². The van der Waals surface area contributed by atoms with Gasteiger partial charge in [-0.3, -0.25) is 4.79 Å². The zero-order valence-corrected chi connectivity index (χ0v) is 8.07. The fourth-order valence-electron chi connectivity index (χ4n) is 0.902. The summed E-state index contributed by atoms with van der Waals surface area (Å²) < 4.78 is 32.7. The second kappa shape index (κ2) is 5.29. The zero-order valence-electron chi connectivity index (χ0n) is 8.07. The maximum atomic E-state index is 11.8. The van der Waals surface area contributed by atoms with E-state index in [1.807, 2.05) is 0 Å². The first-order chi connectivity index (χ1) is 7.08. The molecular formula is C10H10F2O3. The minimum atomic E-state index is -2.84. The summed E-state index contributed by atoms with van der Waals surface area (Å²) >= 11 is 0. The lowest BCUT2D eigenvalue weighted by Gasteiger charge is -2.06. The van der Waals surface area contributed by atoms with Gasteiger partial charge in [0.1, 0.15) is 18.1 Å². The Balaban J connectivity index is 2.52. The van der Waals surface area contributed by atoms with E-state index in [1.165, 1.54) is 31.2 Å². The molecule has 0 atom stereocenters. The van der Waals surface area contributed by atoms with Crippen molar-refractivity contribution in [3.8, 4) is 11.5 Å². The first-order valence-corrected chi connectivity index (χ1v) is 4.25. The Kier molecular flexibility index (Phi) is 4.03. The summed E-state index contributed by atoms with van der Waals surface area (Å²) in [5.74, 6) is 0.384. The Labute approximate surface area is 85.6 Å². The third-order valence-corrected chi connectivity index (χ3v) is 1.49. The molecule has 0 unspecified atom stereocenters. The minimum Gasteiger partial charge on any atom is -0.486 e. The van der Waals surface area contributed by atoms with Crippen molar-refractivity contribution in [1.82, 2.24) is 0 Å². The molecule has 1 rings (SSSR count). The number of carbonyl (C=O) groups excluding carboxylic acids is 1. The molecule has 0 saturated carbocycles. The molecule has 3 nitrogen and oxygen atoms in total. The molecule has 0 heterocycles. The van der Waals surface area contributed by atoms with E-state index in [4.69, 9.17) is 4.74 Å². The van der Waals surface area contributed by atoms with Crippen LogP contribution in [-0.2, 0) is 4.79 Å². The van der Waals surface area contributed by atoms with Gasteiger partial charge in [-0.25, -0.2) is 0 Å². The SMILES string of the molecule is CC(=O)COc1ccc(OC(F)F)cc1. The molecular weight excluding hydrogens is 206 g/mol. The van der Waals surface area contributed by atoms with Gasteiger partial charge in [-0.15, -0.1) is 0 Å². The number of Topliss-reactive ketones (excluding diaryl/α,β-unsaturated/α-hetero) is 1. The number of ketones is 1. The Bertz CT molecular complexity index is 322. The average molecular weight is 216 g/mol. The van der Waals surface area contributed by atoms with E-state index in [0.717, 1.165) is 0 Å². The van der Waals surface area contributed by atoms with Crippen LogP contribution in [0, 0.1) is 0 Å². The molecule has 82 valence electrons. The number of rotatable bonds is 5. The number of ether oxygens (including phenoxy) is 2. The van der Waals surface area contributed by atoms with Crippen molar-refractivity contribution in [2.45, 2.75) is 13.5 Å². The first-order valence-electron chi connectivity index (χ1n) is 4.25. The molecule has 0 aromatic heterocycles. The standard InChI is InChI=1S/C10H10F2O3/c1-7(13)6-14-8-2-4-9(5-3-8)15-10(11)12/h2-5,10H,6H2,1H3. The largest absolute Gasteiger partial charge is 0.486 e. The molecule has 0 radical (unpaired) electrons. The molecule has 0 fully saturated rings. The molecule has 0 aliphatic carbocycles. The highest BCUT2D eigenvalue weighted by Gasteiger charge is 2.04. The van der Waals surface area contributed by atoms with Crippen LogP contribution in [0.1, 0.15) is 6.92 Å². The van der Waals surface area contributed by atoms with Crippen LogP contribution in [0.15, 0.2) is 24.3 Å². The van der Waals surface area contributed by atoms with Gasteiger partial charge in [-0.05, 0) is 31.2 Å². The quantitative estimate of drug-likeness (QED) is 0.757. The zero-order chi connectivity index (χ0) is 11.3. The summed E-state index contributed by atoms with van der Waals surface area (Å²) in [6.07, 6.45) is 0. The van der Waals surface area contributed by atoms with Crippen LogP contribution in [0.3, 0.4) is 0 Å². The molecule has 0 amide bonds. The lowest BCUT2D eigenvalue weighted by Crippen LogP contribution is -2.06. The second-order valence-corrected chi connectivity index (χ2v) is 2.84. The van der Waals surface area contributed by atoms with E-state index in [0.29, 0.717) is 5.75 Å². The molecule has 0 spiro atoms. The highest BCUT2D eigenvalue weighted by Crippen LogP contribution is 2.19. The third-order valence-electron chi connectivity index (χ3n) is 1.49. The van der Waals surface area contributed by atoms with Crippen LogP contribution in [-0.4, -0.2) is 19.0 Å². The molecule has 0 aliphatic heterocycles. The first kappa shape index (κ1) is 11.4. The van der Waals surface area contributed by atoms with Crippen molar-refractivity contribution in [2.24, 2.45) is 0 Å². The highest BCUT2D eigenvalue weighted by molar-refractivity contribution is 5.77. The predicted molar refractivity (Wildman–Crippen MR) is 49.3 cm³/mol. The normalized spacial score (nSPS) is 10.1. The van der Waals surface area contributed by atoms with Gasteiger partial charge in [0.2, 0.25) is 0 Å². The maximum Gasteiger partial charge on any atom is 0.387 e. The van der Waals surface area contributed by atoms with E-state index in [-0.39, 0.29) is 18.1 Å². The van der Waals surface area contributed by atoms with Crippen molar-refractivity contribution in [3.63, 3.8) is 0 Å².